The topological polar surface area (TPSA) is 53.4 Å². The van der Waals surface area contributed by atoms with E-state index in [1.165, 1.54) is 0 Å². The van der Waals surface area contributed by atoms with Crippen LogP contribution in [-0.4, -0.2) is 30.2 Å². The minimum Gasteiger partial charge on any atom is -0.481 e. The number of carboxylic acids is 1. The summed E-state index contributed by atoms with van der Waals surface area (Å²) in [5.41, 5.74) is 0.856. The zero-order valence-corrected chi connectivity index (χ0v) is 10.6. The molecule has 1 heterocycles. The van der Waals surface area contributed by atoms with Crippen molar-refractivity contribution in [2.45, 2.75) is 19.8 Å². The summed E-state index contributed by atoms with van der Waals surface area (Å²) < 4.78 is 0. The zero-order valence-electron chi connectivity index (χ0n) is 10.6. The van der Waals surface area contributed by atoms with Crippen molar-refractivity contribution in [3.8, 4) is 0 Å². The molecule has 92 valence electrons. The van der Waals surface area contributed by atoms with Crippen molar-refractivity contribution in [1.82, 2.24) is 4.98 Å². The van der Waals surface area contributed by atoms with Gasteiger partial charge >= 0.3 is 5.97 Å². The van der Waals surface area contributed by atoms with E-state index in [2.05, 4.69) is 4.98 Å². The van der Waals surface area contributed by atoms with E-state index in [1.54, 1.807) is 6.20 Å². The second-order valence-electron chi connectivity index (χ2n) is 5.43. The Labute approximate surface area is 101 Å². The molecule has 0 radical (unpaired) electrons. The Balaban J connectivity index is 2.40. The Kier molecular flexibility index (Phi) is 2.60. The van der Waals surface area contributed by atoms with E-state index in [-0.39, 0.29) is 17.3 Å². The van der Waals surface area contributed by atoms with Crippen LogP contribution in [0.3, 0.4) is 0 Å². The molecule has 4 nitrogen and oxygen atoms in total. The Hall–Kier alpha value is -1.58. The first-order valence-corrected chi connectivity index (χ1v) is 5.72. The van der Waals surface area contributed by atoms with Gasteiger partial charge in [-0.1, -0.05) is 19.9 Å². The second kappa shape index (κ2) is 3.72. The monoisotopic (exact) mass is 234 g/mol. The smallest absolute Gasteiger partial charge is 0.307 e. The van der Waals surface area contributed by atoms with Crippen LogP contribution in [0.4, 0.5) is 5.82 Å². The van der Waals surface area contributed by atoms with Gasteiger partial charge in [0.25, 0.3) is 0 Å². The summed E-state index contributed by atoms with van der Waals surface area (Å²) in [6, 6.07) is 3.85. The van der Waals surface area contributed by atoms with E-state index in [0.29, 0.717) is 0 Å². The zero-order chi connectivity index (χ0) is 12.8. The summed E-state index contributed by atoms with van der Waals surface area (Å²) in [7, 11) is 3.86. The summed E-state index contributed by atoms with van der Waals surface area (Å²) in [4.78, 5) is 17.5. The number of carboxylic acid groups (broad SMARTS) is 1. The maximum absolute atomic E-state index is 11.2. The third-order valence-corrected chi connectivity index (χ3v) is 3.67. The lowest BCUT2D eigenvalue weighted by Gasteiger charge is -2.16. The predicted octanol–water partition coefficient (Wildman–Crippen LogP) is 1.97. The maximum atomic E-state index is 11.2. The fraction of sp³-hybridized carbons (Fsp3) is 0.538. The lowest BCUT2D eigenvalue weighted by molar-refractivity contribution is -0.139. The van der Waals surface area contributed by atoms with Crippen molar-refractivity contribution in [2.24, 2.45) is 11.3 Å². The molecule has 0 amide bonds. The molecular weight excluding hydrogens is 216 g/mol. The van der Waals surface area contributed by atoms with Crippen molar-refractivity contribution in [3.05, 3.63) is 23.9 Å². The van der Waals surface area contributed by atoms with Gasteiger partial charge in [0.1, 0.15) is 5.82 Å². The molecule has 1 fully saturated rings. The van der Waals surface area contributed by atoms with Gasteiger partial charge in [-0.3, -0.25) is 4.79 Å². The number of anilines is 1. The van der Waals surface area contributed by atoms with Gasteiger partial charge in [-0.05, 0) is 17.0 Å². The van der Waals surface area contributed by atoms with Gasteiger partial charge in [-0.15, -0.1) is 0 Å². The highest BCUT2D eigenvalue weighted by atomic mass is 16.4. The van der Waals surface area contributed by atoms with Crippen LogP contribution in [0.25, 0.3) is 0 Å². The Morgan fingerprint density at radius 1 is 1.47 bits per heavy atom. The van der Waals surface area contributed by atoms with E-state index >= 15 is 0 Å². The first kappa shape index (κ1) is 11.9. The van der Waals surface area contributed by atoms with E-state index in [1.807, 2.05) is 45.0 Å². The van der Waals surface area contributed by atoms with Crippen molar-refractivity contribution < 1.29 is 9.90 Å². The molecule has 2 atom stereocenters. The van der Waals surface area contributed by atoms with Gasteiger partial charge in [0, 0.05) is 26.2 Å². The lowest BCUT2D eigenvalue weighted by atomic mass is 10.0. The van der Waals surface area contributed by atoms with Crippen LogP contribution in [0.15, 0.2) is 18.3 Å². The Bertz CT molecular complexity index is 454. The molecule has 1 aromatic heterocycles. The highest BCUT2D eigenvalue weighted by molar-refractivity contribution is 5.78. The van der Waals surface area contributed by atoms with Crippen LogP contribution in [-0.2, 0) is 4.79 Å². The largest absolute Gasteiger partial charge is 0.481 e. The highest BCUT2D eigenvalue weighted by Gasteiger charge is 2.63. The van der Waals surface area contributed by atoms with Gasteiger partial charge < -0.3 is 10.0 Å². The normalized spacial score (nSPS) is 25.4. The Morgan fingerprint density at radius 3 is 2.59 bits per heavy atom. The highest BCUT2D eigenvalue weighted by Crippen LogP contribution is 2.65. The molecule has 0 unspecified atom stereocenters. The van der Waals surface area contributed by atoms with Gasteiger partial charge in [-0.25, -0.2) is 4.98 Å². The number of aliphatic carboxylic acids is 1. The number of rotatable bonds is 3. The molecule has 1 aromatic rings. The number of aromatic nitrogens is 1. The number of pyridine rings is 1. The van der Waals surface area contributed by atoms with Crippen LogP contribution in [0.5, 0.6) is 0 Å². The molecule has 0 aromatic carbocycles. The van der Waals surface area contributed by atoms with Crippen LogP contribution in [0, 0.1) is 11.3 Å². The molecule has 1 N–H and O–H groups in total. The summed E-state index contributed by atoms with van der Waals surface area (Å²) in [6.45, 7) is 4.01. The SMILES string of the molecule is CN(C)c1ncccc1[C@@H]1[C@@H](C(=O)O)C1(C)C. The number of carbonyl (C=O) groups is 1. The average molecular weight is 234 g/mol. The van der Waals surface area contributed by atoms with E-state index in [4.69, 9.17) is 0 Å². The fourth-order valence-electron chi connectivity index (χ4n) is 2.70. The molecule has 2 rings (SSSR count). The molecule has 1 aliphatic carbocycles. The molecule has 17 heavy (non-hydrogen) atoms. The second-order valence-corrected chi connectivity index (χ2v) is 5.43. The minimum atomic E-state index is -0.714. The molecule has 0 aliphatic heterocycles. The molecule has 0 saturated heterocycles. The molecule has 4 heteroatoms. The lowest BCUT2D eigenvalue weighted by Crippen LogP contribution is -2.13. The molecule has 0 bridgehead atoms. The van der Waals surface area contributed by atoms with Gasteiger partial charge in [0.15, 0.2) is 0 Å². The van der Waals surface area contributed by atoms with Gasteiger partial charge in [0.2, 0.25) is 0 Å². The first-order chi connectivity index (χ1) is 7.87. The molecule has 1 aliphatic rings. The first-order valence-electron chi connectivity index (χ1n) is 5.72. The van der Waals surface area contributed by atoms with E-state index in [0.717, 1.165) is 11.4 Å². The average Bonchev–Trinajstić information content (AvgIpc) is 2.81. The standard InChI is InChI=1S/C13H18N2O2/c1-13(2)9(10(13)12(16)17)8-6-5-7-14-11(8)15(3)4/h5-7,9-10H,1-4H3,(H,16,17)/t9-,10+/m1/s1. The summed E-state index contributed by atoms with van der Waals surface area (Å²) in [5.74, 6) is -0.0839. The van der Waals surface area contributed by atoms with Crippen LogP contribution >= 0.6 is 0 Å². The van der Waals surface area contributed by atoms with E-state index in [9.17, 15) is 9.90 Å². The van der Waals surface area contributed by atoms with Gasteiger partial charge in [-0.2, -0.15) is 0 Å². The number of hydrogen-bond donors (Lipinski definition) is 1. The van der Waals surface area contributed by atoms with Crippen molar-refractivity contribution in [1.29, 1.82) is 0 Å². The minimum absolute atomic E-state index is 0.0612. The molecule has 0 spiro atoms. The molecular formula is C13H18N2O2. The maximum Gasteiger partial charge on any atom is 0.307 e. The summed E-state index contributed by atoms with van der Waals surface area (Å²) in [5, 5.41) is 9.22. The third kappa shape index (κ3) is 1.77. The van der Waals surface area contributed by atoms with Crippen LogP contribution in [0.2, 0.25) is 0 Å². The van der Waals surface area contributed by atoms with Crippen molar-refractivity contribution in [2.75, 3.05) is 19.0 Å². The number of nitrogens with zero attached hydrogens (tertiary/aromatic N) is 2. The summed E-state index contributed by atoms with van der Waals surface area (Å²) in [6.07, 6.45) is 1.74. The quantitative estimate of drug-likeness (QED) is 0.868. The molecule has 1 saturated carbocycles. The van der Waals surface area contributed by atoms with E-state index < -0.39 is 5.97 Å². The fourth-order valence-corrected chi connectivity index (χ4v) is 2.70. The van der Waals surface area contributed by atoms with Crippen LogP contribution in [0.1, 0.15) is 25.3 Å². The Morgan fingerprint density at radius 2 is 2.12 bits per heavy atom. The predicted molar refractivity (Wildman–Crippen MR) is 66.2 cm³/mol. The van der Waals surface area contributed by atoms with Crippen molar-refractivity contribution in [3.63, 3.8) is 0 Å². The van der Waals surface area contributed by atoms with Crippen molar-refractivity contribution >= 4 is 11.8 Å². The third-order valence-electron chi connectivity index (χ3n) is 3.67. The number of hydrogen-bond acceptors (Lipinski definition) is 3. The van der Waals surface area contributed by atoms with Crippen LogP contribution < -0.4 is 4.90 Å². The summed E-state index contributed by atoms with van der Waals surface area (Å²) >= 11 is 0. The van der Waals surface area contributed by atoms with Gasteiger partial charge in [0.05, 0.1) is 5.92 Å².